The fourth-order valence-electron chi connectivity index (χ4n) is 2.92. The molecule has 1 aliphatic rings. The first kappa shape index (κ1) is 18.3. The first-order valence-corrected chi connectivity index (χ1v) is 8.21. The number of nitrogens with zero attached hydrogens (tertiary/aromatic N) is 1. The highest BCUT2D eigenvalue weighted by molar-refractivity contribution is 5.79. The fourth-order valence-corrected chi connectivity index (χ4v) is 2.92. The molecule has 0 aliphatic carbocycles. The van der Waals surface area contributed by atoms with Crippen LogP contribution in [0.2, 0.25) is 0 Å². The second-order valence-corrected chi connectivity index (χ2v) is 5.99. The molecule has 2 rings (SSSR count). The molecule has 1 aromatic carbocycles. The minimum absolute atomic E-state index is 0.100. The van der Waals surface area contributed by atoms with E-state index in [4.69, 9.17) is 5.73 Å². The van der Waals surface area contributed by atoms with E-state index in [1.165, 1.54) is 6.07 Å². The smallest absolute Gasteiger partial charge is 0.227 e. The molecule has 0 bridgehead atoms. The maximum atomic E-state index is 13.7. The van der Waals surface area contributed by atoms with Crippen LogP contribution >= 0.6 is 0 Å². The third-order valence-electron chi connectivity index (χ3n) is 4.21. The number of piperidine rings is 1. The van der Waals surface area contributed by atoms with Gasteiger partial charge in [-0.3, -0.25) is 9.59 Å². The summed E-state index contributed by atoms with van der Waals surface area (Å²) < 4.78 is 26.7. The van der Waals surface area contributed by atoms with Crippen LogP contribution < -0.4 is 11.1 Å². The van der Waals surface area contributed by atoms with Gasteiger partial charge >= 0.3 is 0 Å². The Hall–Kier alpha value is -2.02. The minimum atomic E-state index is -0.715. The molecule has 2 amide bonds. The SMILES string of the molecule is NCCC(=O)NCC1CCCCN1C(=O)Cc1ccc(F)cc1F. The average Bonchev–Trinajstić information content (AvgIpc) is 2.56. The van der Waals surface area contributed by atoms with Gasteiger partial charge in [0.15, 0.2) is 0 Å². The van der Waals surface area contributed by atoms with Crippen molar-refractivity contribution in [2.45, 2.75) is 38.1 Å². The first-order valence-electron chi connectivity index (χ1n) is 8.21. The van der Waals surface area contributed by atoms with Gasteiger partial charge in [-0.15, -0.1) is 0 Å². The number of rotatable bonds is 6. The molecule has 1 atom stereocenters. The second kappa shape index (κ2) is 8.73. The van der Waals surface area contributed by atoms with Gasteiger partial charge in [0, 0.05) is 38.2 Å². The van der Waals surface area contributed by atoms with Crippen LogP contribution in [0.4, 0.5) is 8.78 Å². The van der Waals surface area contributed by atoms with E-state index >= 15 is 0 Å². The number of carbonyl (C=O) groups is 2. The predicted octanol–water partition coefficient (Wildman–Crippen LogP) is 1.35. The Balaban J connectivity index is 1.98. The Morgan fingerprint density at radius 2 is 2.08 bits per heavy atom. The van der Waals surface area contributed by atoms with Crippen LogP contribution in [-0.4, -0.2) is 42.4 Å². The number of likely N-dealkylation sites (tertiary alicyclic amines) is 1. The quantitative estimate of drug-likeness (QED) is 0.822. The van der Waals surface area contributed by atoms with E-state index in [0.29, 0.717) is 13.1 Å². The van der Waals surface area contributed by atoms with Gasteiger partial charge < -0.3 is 16.0 Å². The number of carbonyl (C=O) groups excluding carboxylic acids is 2. The van der Waals surface area contributed by atoms with Gasteiger partial charge in [-0.05, 0) is 30.9 Å². The van der Waals surface area contributed by atoms with E-state index in [-0.39, 0.29) is 42.8 Å². The van der Waals surface area contributed by atoms with Gasteiger partial charge in [0.1, 0.15) is 11.6 Å². The van der Waals surface area contributed by atoms with Crippen LogP contribution in [0.15, 0.2) is 18.2 Å². The van der Waals surface area contributed by atoms with Gasteiger partial charge in [0.2, 0.25) is 11.8 Å². The number of amides is 2. The number of nitrogens with one attached hydrogen (secondary N) is 1. The lowest BCUT2D eigenvalue weighted by molar-refractivity contribution is -0.134. The molecular weight excluding hydrogens is 316 g/mol. The number of halogens is 2. The highest BCUT2D eigenvalue weighted by atomic mass is 19.1. The Bertz CT molecular complexity index is 595. The topological polar surface area (TPSA) is 75.4 Å². The van der Waals surface area contributed by atoms with E-state index in [2.05, 4.69) is 5.32 Å². The number of nitrogens with two attached hydrogens (primary N) is 1. The van der Waals surface area contributed by atoms with E-state index in [1.54, 1.807) is 4.90 Å². The van der Waals surface area contributed by atoms with Crippen LogP contribution in [0.3, 0.4) is 0 Å². The molecule has 132 valence electrons. The third-order valence-corrected chi connectivity index (χ3v) is 4.21. The van der Waals surface area contributed by atoms with Gasteiger partial charge in [-0.25, -0.2) is 8.78 Å². The van der Waals surface area contributed by atoms with Crippen molar-refractivity contribution in [1.29, 1.82) is 0 Å². The van der Waals surface area contributed by atoms with Crippen molar-refractivity contribution < 1.29 is 18.4 Å². The number of benzene rings is 1. The average molecular weight is 339 g/mol. The molecule has 0 aromatic heterocycles. The highest BCUT2D eigenvalue weighted by Crippen LogP contribution is 2.19. The molecule has 24 heavy (non-hydrogen) atoms. The zero-order valence-electron chi connectivity index (χ0n) is 13.6. The molecular formula is C17H23F2N3O2. The summed E-state index contributed by atoms with van der Waals surface area (Å²) in [6, 6.07) is 3.12. The molecule has 1 unspecified atom stereocenters. The van der Waals surface area contributed by atoms with Crippen molar-refractivity contribution in [2.24, 2.45) is 5.73 Å². The van der Waals surface area contributed by atoms with Crippen LogP contribution in [0.5, 0.6) is 0 Å². The lowest BCUT2D eigenvalue weighted by atomic mass is 10.0. The molecule has 1 aliphatic heterocycles. The summed E-state index contributed by atoms with van der Waals surface area (Å²) in [4.78, 5) is 25.8. The molecule has 0 spiro atoms. The second-order valence-electron chi connectivity index (χ2n) is 5.99. The summed E-state index contributed by atoms with van der Waals surface area (Å²) in [6.07, 6.45) is 2.79. The van der Waals surface area contributed by atoms with E-state index in [9.17, 15) is 18.4 Å². The molecule has 7 heteroatoms. The van der Waals surface area contributed by atoms with Crippen LogP contribution in [0, 0.1) is 11.6 Å². The lowest BCUT2D eigenvalue weighted by Crippen LogP contribution is -2.50. The van der Waals surface area contributed by atoms with Crippen molar-refractivity contribution in [1.82, 2.24) is 10.2 Å². The van der Waals surface area contributed by atoms with E-state index < -0.39 is 11.6 Å². The summed E-state index contributed by atoms with van der Waals surface area (Å²) in [7, 11) is 0. The Morgan fingerprint density at radius 3 is 2.79 bits per heavy atom. The minimum Gasteiger partial charge on any atom is -0.354 e. The zero-order chi connectivity index (χ0) is 17.5. The molecule has 1 heterocycles. The van der Waals surface area contributed by atoms with Crippen molar-refractivity contribution >= 4 is 11.8 Å². The van der Waals surface area contributed by atoms with E-state index in [0.717, 1.165) is 31.4 Å². The molecule has 1 aromatic rings. The van der Waals surface area contributed by atoms with Crippen molar-refractivity contribution in [2.75, 3.05) is 19.6 Å². The first-order chi connectivity index (χ1) is 11.5. The van der Waals surface area contributed by atoms with Gasteiger partial charge in [-0.1, -0.05) is 6.07 Å². The number of hydrogen-bond acceptors (Lipinski definition) is 3. The normalized spacial score (nSPS) is 17.6. The van der Waals surface area contributed by atoms with Crippen molar-refractivity contribution in [3.8, 4) is 0 Å². The maximum absolute atomic E-state index is 13.7. The third kappa shape index (κ3) is 4.99. The summed E-state index contributed by atoms with van der Waals surface area (Å²) in [5.41, 5.74) is 5.52. The van der Waals surface area contributed by atoms with Crippen molar-refractivity contribution in [3.05, 3.63) is 35.4 Å². The largest absolute Gasteiger partial charge is 0.354 e. The molecule has 0 radical (unpaired) electrons. The summed E-state index contributed by atoms with van der Waals surface area (Å²) in [6.45, 7) is 1.23. The summed E-state index contributed by atoms with van der Waals surface area (Å²) in [5, 5.41) is 2.78. The van der Waals surface area contributed by atoms with Gasteiger partial charge in [0.25, 0.3) is 0 Å². The Labute approximate surface area is 140 Å². The van der Waals surface area contributed by atoms with Crippen molar-refractivity contribution in [3.63, 3.8) is 0 Å². The van der Waals surface area contributed by atoms with E-state index in [1.807, 2.05) is 0 Å². The van der Waals surface area contributed by atoms with Crippen LogP contribution in [0.25, 0.3) is 0 Å². The fraction of sp³-hybridized carbons (Fsp3) is 0.529. The molecule has 3 N–H and O–H groups in total. The van der Waals surface area contributed by atoms with Crippen LogP contribution in [-0.2, 0) is 16.0 Å². The summed E-state index contributed by atoms with van der Waals surface area (Å²) >= 11 is 0. The molecule has 1 saturated heterocycles. The monoisotopic (exact) mass is 339 g/mol. The number of hydrogen-bond donors (Lipinski definition) is 2. The van der Waals surface area contributed by atoms with Crippen LogP contribution in [0.1, 0.15) is 31.2 Å². The molecule has 0 saturated carbocycles. The summed E-state index contributed by atoms with van der Waals surface area (Å²) in [5.74, 6) is -1.73. The Morgan fingerprint density at radius 1 is 1.29 bits per heavy atom. The zero-order valence-corrected chi connectivity index (χ0v) is 13.6. The predicted molar refractivity (Wildman–Crippen MR) is 86.1 cm³/mol. The lowest BCUT2D eigenvalue weighted by Gasteiger charge is -2.36. The maximum Gasteiger partial charge on any atom is 0.227 e. The van der Waals surface area contributed by atoms with Gasteiger partial charge in [0.05, 0.1) is 6.42 Å². The molecule has 1 fully saturated rings. The standard InChI is InChI=1S/C17H23F2N3O2/c18-13-5-4-12(15(19)10-13)9-17(24)22-8-2-1-3-14(22)11-21-16(23)6-7-20/h4-5,10,14H,1-3,6-9,11,20H2,(H,21,23). The van der Waals surface area contributed by atoms with Gasteiger partial charge in [-0.2, -0.15) is 0 Å². The highest BCUT2D eigenvalue weighted by Gasteiger charge is 2.27. The Kier molecular flexibility index (Phi) is 6.66. The molecule has 5 nitrogen and oxygen atoms in total.